The summed E-state index contributed by atoms with van der Waals surface area (Å²) in [6.07, 6.45) is 1.79. The Morgan fingerprint density at radius 1 is 1.31 bits per heavy atom. The van der Waals surface area contributed by atoms with Gasteiger partial charge in [0.15, 0.2) is 5.79 Å². The van der Waals surface area contributed by atoms with Crippen LogP contribution >= 0.6 is 0 Å². The fraction of sp³-hybridized carbons (Fsp3) is 0.619. The van der Waals surface area contributed by atoms with Crippen LogP contribution in [0.3, 0.4) is 0 Å². The fourth-order valence-corrected chi connectivity index (χ4v) is 4.22. The van der Waals surface area contributed by atoms with Gasteiger partial charge in [0, 0.05) is 24.0 Å². The molecule has 2 aliphatic rings. The maximum atomic E-state index is 12.5. The summed E-state index contributed by atoms with van der Waals surface area (Å²) >= 11 is 0. The van der Waals surface area contributed by atoms with Crippen LogP contribution in [0.5, 0.6) is 0 Å². The third-order valence-electron chi connectivity index (χ3n) is 5.74. The lowest BCUT2D eigenvalue weighted by molar-refractivity contribution is -0.153. The molecular formula is C21H29N5O6. The Morgan fingerprint density at radius 3 is 2.81 bits per heavy atom. The number of hydrogen-bond acceptors (Lipinski definition) is 7. The van der Waals surface area contributed by atoms with Gasteiger partial charge in [-0.3, -0.25) is 24.2 Å². The van der Waals surface area contributed by atoms with Crippen molar-refractivity contribution in [2.45, 2.75) is 70.7 Å². The molecule has 174 valence electrons. The van der Waals surface area contributed by atoms with Crippen LogP contribution in [-0.2, 0) is 20.6 Å². The van der Waals surface area contributed by atoms with E-state index in [1.165, 1.54) is 10.8 Å². The second-order valence-corrected chi connectivity index (χ2v) is 8.72. The standard InChI is InChI=1S/C21H29N5O6/c1-5-6-12-7-13(25-24-12)19(28)22-8-15-17-16(31-21(3,4)32-17)14(10-30-15)26-9-11(2)18(27)23-20(26)29/h7,9,14-17H,5-6,8,10H2,1-4H3,(H,22,28)(H,24,25)(H,23,27,29)/t14-,15-,16+,17-/m1/s1. The van der Waals surface area contributed by atoms with E-state index in [0.29, 0.717) is 11.3 Å². The van der Waals surface area contributed by atoms with Crippen molar-refractivity contribution in [3.63, 3.8) is 0 Å². The first-order valence-corrected chi connectivity index (χ1v) is 10.8. The number of fused-ring (bicyclic) bond motifs is 1. The van der Waals surface area contributed by atoms with Gasteiger partial charge in [0.05, 0.1) is 12.6 Å². The van der Waals surface area contributed by atoms with E-state index in [1.54, 1.807) is 26.8 Å². The summed E-state index contributed by atoms with van der Waals surface area (Å²) in [5.74, 6) is -1.20. The van der Waals surface area contributed by atoms with E-state index >= 15 is 0 Å². The maximum absolute atomic E-state index is 12.5. The average Bonchev–Trinajstić information content (AvgIpc) is 3.32. The summed E-state index contributed by atoms with van der Waals surface area (Å²) in [5, 5.41) is 9.78. The normalized spacial score (nSPS) is 26.6. The number of H-pyrrole nitrogens is 2. The summed E-state index contributed by atoms with van der Waals surface area (Å²) in [4.78, 5) is 39.0. The topological polar surface area (TPSA) is 140 Å². The van der Waals surface area contributed by atoms with Crippen LogP contribution in [0, 0.1) is 6.92 Å². The highest BCUT2D eigenvalue weighted by molar-refractivity contribution is 5.92. The Morgan fingerprint density at radius 2 is 2.06 bits per heavy atom. The molecule has 1 amide bonds. The molecule has 2 aromatic rings. The first-order chi connectivity index (χ1) is 15.2. The van der Waals surface area contributed by atoms with Crippen molar-refractivity contribution in [2.75, 3.05) is 13.2 Å². The summed E-state index contributed by atoms with van der Waals surface area (Å²) in [7, 11) is 0. The minimum Gasteiger partial charge on any atom is -0.371 e. The molecule has 2 aliphatic heterocycles. The van der Waals surface area contributed by atoms with Crippen LogP contribution in [0.15, 0.2) is 21.9 Å². The first kappa shape index (κ1) is 22.4. The van der Waals surface area contributed by atoms with Crippen molar-refractivity contribution in [3.05, 3.63) is 50.1 Å². The third kappa shape index (κ3) is 4.41. The Labute approximate surface area is 184 Å². The number of hydrogen-bond donors (Lipinski definition) is 3. The summed E-state index contributed by atoms with van der Waals surface area (Å²) in [6.45, 7) is 7.62. The highest BCUT2D eigenvalue weighted by Crippen LogP contribution is 2.39. The lowest BCUT2D eigenvalue weighted by atomic mass is 9.97. The molecule has 4 atom stereocenters. The number of aromatic nitrogens is 4. The lowest BCUT2D eigenvalue weighted by Crippen LogP contribution is -2.54. The molecule has 0 unspecified atom stereocenters. The van der Waals surface area contributed by atoms with Gasteiger partial charge in [0.2, 0.25) is 0 Å². The van der Waals surface area contributed by atoms with Crippen LogP contribution in [0.1, 0.15) is 55.0 Å². The van der Waals surface area contributed by atoms with Crippen LogP contribution in [0.4, 0.5) is 0 Å². The molecule has 0 spiro atoms. The molecule has 11 heteroatoms. The van der Waals surface area contributed by atoms with Gasteiger partial charge in [-0.2, -0.15) is 5.10 Å². The number of nitrogens with one attached hydrogen (secondary N) is 3. The van der Waals surface area contributed by atoms with Gasteiger partial charge in [-0.25, -0.2) is 4.79 Å². The number of ether oxygens (including phenoxy) is 3. The lowest BCUT2D eigenvalue weighted by Gasteiger charge is -2.37. The number of aryl methyl sites for hydroxylation is 2. The molecule has 32 heavy (non-hydrogen) atoms. The molecule has 3 N–H and O–H groups in total. The number of nitrogens with zero attached hydrogens (tertiary/aromatic N) is 2. The van der Waals surface area contributed by atoms with Crippen molar-refractivity contribution < 1.29 is 19.0 Å². The van der Waals surface area contributed by atoms with Crippen molar-refractivity contribution in [2.24, 2.45) is 0 Å². The van der Waals surface area contributed by atoms with Gasteiger partial charge < -0.3 is 19.5 Å². The smallest absolute Gasteiger partial charge is 0.328 e. The van der Waals surface area contributed by atoms with Gasteiger partial charge in [0.25, 0.3) is 11.5 Å². The van der Waals surface area contributed by atoms with Gasteiger partial charge in [-0.1, -0.05) is 13.3 Å². The van der Waals surface area contributed by atoms with Crippen molar-refractivity contribution in [3.8, 4) is 0 Å². The van der Waals surface area contributed by atoms with Crippen LogP contribution in [-0.4, -0.2) is 62.9 Å². The summed E-state index contributed by atoms with van der Waals surface area (Å²) in [6, 6.07) is 1.25. The predicted molar refractivity (Wildman–Crippen MR) is 114 cm³/mol. The Balaban J connectivity index is 1.49. The molecule has 0 bridgehead atoms. The fourth-order valence-electron chi connectivity index (χ4n) is 4.22. The van der Waals surface area contributed by atoms with E-state index in [0.717, 1.165) is 18.5 Å². The zero-order chi connectivity index (χ0) is 23.0. The van der Waals surface area contributed by atoms with E-state index in [4.69, 9.17) is 14.2 Å². The quantitative estimate of drug-likeness (QED) is 0.583. The molecule has 0 aliphatic carbocycles. The third-order valence-corrected chi connectivity index (χ3v) is 5.74. The molecule has 2 aromatic heterocycles. The van der Waals surface area contributed by atoms with Crippen molar-refractivity contribution in [1.29, 1.82) is 0 Å². The number of aromatic amines is 2. The van der Waals surface area contributed by atoms with E-state index in [2.05, 4.69) is 27.4 Å². The average molecular weight is 447 g/mol. The van der Waals surface area contributed by atoms with E-state index in [1.807, 2.05) is 0 Å². The molecule has 0 saturated carbocycles. The summed E-state index contributed by atoms with van der Waals surface area (Å²) < 4.78 is 19.6. The second kappa shape index (κ2) is 8.64. The van der Waals surface area contributed by atoms with E-state index in [-0.39, 0.29) is 19.1 Å². The number of amides is 1. The molecule has 0 aromatic carbocycles. The van der Waals surface area contributed by atoms with Gasteiger partial charge in [-0.15, -0.1) is 0 Å². The molecule has 2 saturated heterocycles. The minimum absolute atomic E-state index is 0.162. The molecular weight excluding hydrogens is 418 g/mol. The molecule has 2 fully saturated rings. The zero-order valence-electron chi connectivity index (χ0n) is 18.6. The van der Waals surface area contributed by atoms with Gasteiger partial charge >= 0.3 is 5.69 Å². The highest BCUT2D eigenvalue weighted by Gasteiger charge is 2.52. The number of carbonyl (C=O) groups excluding carboxylic acids is 1. The van der Waals surface area contributed by atoms with Gasteiger partial charge in [-0.05, 0) is 33.3 Å². The number of carbonyl (C=O) groups is 1. The Kier molecular flexibility index (Phi) is 6.06. The first-order valence-electron chi connectivity index (χ1n) is 10.8. The minimum atomic E-state index is -0.887. The van der Waals surface area contributed by atoms with Crippen LogP contribution in [0.2, 0.25) is 0 Å². The molecule has 11 nitrogen and oxygen atoms in total. The van der Waals surface area contributed by atoms with Crippen LogP contribution in [0.25, 0.3) is 0 Å². The Hall–Kier alpha value is -2.76. The van der Waals surface area contributed by atoms with Gasteiger partial charge in [0.1, 0.15) is 24.0 Å². The van der Waals surface area contributed by atoms with E-state index in [9.17, 15) is 14.4 Å². The van der Waals surface area contributed by atoms with E-state index < -0.39 is 41.4 Å². The molecule has 4 heterocycles. The van der Waals surface area contributed by atoms with Crippen LogP contribution < -0.4 is 16.6 Å². The molecule has 0 radical (unpaired) electrons. The van der Waals surface area contributed by atoms with Crippen molar-refractivity contribution >= 4 is 5.91 Å². The predicted octanol–water partition coefficient (Wildman–Crippen LogP) is 0.411. The Bertz CT molecular complexity index is 1100. The highest BCUT2D eigenvalue weighted by atomic mass is 16.8. The SMILES string of the molecule is CCCc1cc(C(=O)NC[C@H]2OC[C@@H](n3cc(C)c(=O)[nH]c3=O)[C@@H]3OC(C)(C)O[C@@H]32)n[nH]1. The zero-order valence-corrected chi connectivity index (χ0v) is 18.6. The number of rotatable bonds is 6. The largest absolute Gasteiger partial charge is 0.371 e. The second-order valence-electron chi connectivity index (χ2n) is 8.72. The van der Waals surface area contributed by atoms with Crippen molar-refractivity contribution in [1.82, 2.24) is 25.1 Å². The maximum Gasteiger partial charge on any atom is 0.328 e. The monoisotopic (exact) mass is 447 g/mol. The molecule has 4 rings (SSSR count). The summed E-state index contributed by atoms with van der Waals surface area (Å²) in [5.41, 5.74) is 0.678.